The second kappa shape index (κ2) is 9.07. The molecule has 0 aromatic heterocycles. The van der Waals surface area contributed by atoms with Crippen LogP contribution in [0.5, 0.6) is 5.75 Å². The number of ether oxygens (including phenoxy) is 2. The van der Waals surface area contributed by atoms with E-state index >= 15 is 0 Å². The Balaban J connectivity index is 1.90. The number of carbonyl (C=O) groups excluding carboxylic acids is 3. The minimum Gasteiger partial charge on any atom is -0.490 e. The van der Waals surface area contributed by atoms with Crippen LogP contribution in [0.15, 0.2) is 42.5 Å². The van der Waals surface area contributed by atoms with E-state index in [0.29, 0.717) is 0 Å². The zero-order valence-electron chi connectivity index (χ0n) is 14.4. The van der Waals surface area contributed by atoms with Crippen LogP contribution in [0.2, 0.25) is 0 Å². The molecule has 2 aromatic carbocycles. The van der Waals surface area contributed by atoms with Gasteiger partial charge in [0.1, 0.15) is 5.82 Å². The molecule has 0 atom stereocenters. The SMILES string of the molecule is COc1ccc(C(=O)OCC(=O)NNC(=O)c2ccccc2F)cc1[N+](=O)[O-]. The Kier molecular flexibility index (Phi) is 6.58. The average Bonchev–Trinajstić information content (AvgIpc) is 2.69. The van der Waals surface area contributed by atoms with Gasteiger partial charge in [0.25, 0.3) is 11.8 Å². The number of nitrogens with one attached hydrogen (secondary N) is 2. The second-order valence-corrected chi connectivity index (χ2v) is 5.20. The van der Waals surface area contributed by atoms with Gasteiger partial charge in [-0.05, 0) is 24.3 Å². The molecule has 2 amide bonds. The minimum atomic E-state index is -0.999. The number of hydrogen-bond donors (Lipinski definition) is 2. The van der Waals surface area contributed by atoms with Gasteiger partial charge in [-0.2, -0.15) is 0 Å². The smallest absolute Gasteiger partial charge is 0.338 e. The van der Waals surface area contributed by atoms with Crippen molar-refractivity contribution in [1.29, 1.82) is 0 Å². The lowest BCUT2D eigenvalue weighted by Gasteiger charge is -2.09. The summed E-state index contributed by atoms with van der Waals surface area (Å²) in [5.74, 6) is -3.62. The van der Waals surface area contributed by atoms with Crippen molar-refractivity contribution in [2.75, 3.05) is 13.7 Å². The monoisotopic (exact) mass is 391 g/mol. The number of nitro groups is 1. The molecular weight excluding hydrogens is 377 g/mol. The fourth-order valence-electron chi connectivity index (χ4n) is 2.05. The quantitative estimate of drug-likeness (QED) is 0.431. The lowest BCUT2D eigenvalue weighted by atomic mass is 10.2. The Morgan fingerprint density at radius 3 is 2.50 bits per heavy atom. The number of benzene rings is 2. The predicted octanol–water partition coefficient (Wildman–Crippen LogP) is 1.36. The molecule has 2 aromatic rings. The Morgan fingerprint density at radius 1 is 1.14 bits per heavy atom. The largest absolute Gasteiger partial charge is 0.490 e. The van der Waals surface area contributed by atoms with Gasteiger partial charge in [-0.25, -0.2) is 9.18 Å². The molecule has 146 valence electrons. The molecule has 2 N–H and O–H groups in total. The first-order valence-electron chi connectivity index (χ1n) is 7.66. The first-order valence-corrected chi connectivity index (χ1v) is 7.66. The van der Waals surface area contributed by atoms with Gasteiger partial charge in [0.05, 0.1) is 23.2 Å². The van der Waals surface area contributed by atoms with Crippen molar-refractivity contribution in [3.05, 3.63) is 69.5 Å². The molecule has 28 heavy (non-hydrogen) atoms. The van der Waals surface area contributed by atoms with Crippen molar-refractivity contribution < 1.29 is 33.2 Å². The number of rotatable bonds is 6. The van der Waals surface area contributed by atoms with Crippen molar-refractivity contribution in [2.24, 2.45) is 0 Å². The third-order valence-corrected chi connectivity index (χ3v) is 3.38. The Bertz CT molecular complexity index is 933. The van der Waals surface area contributed by atoms with Gasteiger partial charge < -0.3 is 9.47 Å². The third-order valence-electron chi connectivity index (χ3n) is 3.38. The third kappa shape index (κ3) is 5.00. The van der Waals surface area contributed by atoms with E-state index < -0.39 is 40.8 Å². The maximum atomic E-state index is 13.4. The van der Waals surface area contributed by atoms with E-state index in [2.05, 4.69) is 0 Å². The van der Waals surface area contributed by atoms with Crippen LogP contribution in [0.4, 0.5) is 10.1 Å². The predicted molar refractivity (Wildman–Crippen MR) is 91.9 cm³/mol. The summed E-state index contributed by atoms with van der Waals surface area (Å²) in [5.41, 5.74) is 3.02. The number of hydrazine groups is 1. The van der Waals surface area contributed by atoms with E-state index in [9.17, 15) is 28.9 Å². The lowest BCUT2D eigenvalue weighted by molar-refractivity contribution is -0.385. The fraction of sp³-hybridized carbons (Fsp3) is 0.118. The number of nitro benzene ring substituents is 1. The van der Waals surface area contributed by atoms with Crippen LogP contribution in [0, 0.1) is 15.9 Å². The van der Waals surface area contributed by atoms with Gasteiger partial charge >= 0.3 is 11.7 Å². The van der Waals surface area contributed by atoms with Gasteiger partial charge in [0.2, 0.25) is 0 Å². The maximum Gasteiger partial charge on any atom is 0.338 e. The zero-order valence-corrected chi connectivity index (χ0v) is 14.4. The number of esters is 1. The van der Waals surface area contributed by atoms with Crippen LogP contribution in [0.25, 0.3) is 0 Å². The molecule has 0 radical (unpaired) electrons. The Labute approximate surface area is 157 Å². The summed E-state index contributed by atoms with van der Waals surface area (Å²) < 4.78 is 23.0. The summed E-state index contributed by atoms with van der Waals surface area (Å²) in [5, 5.41) is 11.0. The van der Waals surface area contributed by atoms with Crippen LogP contribution in [-0.2, 0) is 9.53 Å². The minimum absolute atomic E-state index is 0.0462. The zero-order chi connectivity index (χ0) is 20.7. The van der Waals surface area contributed by atoms with Crippen molar-refractivity contribution in [3.63, 3.8) is 0 Å². The first kappa shape index (κ1) is 20.3. The van der Waals surface area contributed by atoms with Crippen molar-refractivity contribution in [2.45, 2.75) is 0 Å². The molecule has 0 aliphatic heterocycles. The highest BCUT2D eigenvalue weighted by molar-refractivity contribution is 5.96. The Hall–Kier alpha value is -4.02. The van der Waals surface area contributed by atoms with Crippen LogP contribution in [0.3, 0.4) is 0 Å². The summed E-state index contributed by atoms with van der Waals surface area (Å²) in [4.78, 5) is 45.5. The molecule has 11 heteroatoms. The summed E-state index contributed by atoms with van der Waals surface area (Å²) in [7, 11) is 1.24. The van der Waals surface area contributed by atoms with E-state index in [1.54, 1.807) is 0 Å². The summed E-state index contributed by atoms with van der Waals surface area (Å²) in [6.07, 6.45) is 0. The number of halogens is 1. The number of nitrogens with zero attached hydrogens (tertiary/aromatic N) is 1. The molecule has 0 bridgehead atoms. The van der Waals surface area contributed by atoms with Crippen molar-refractivity contribution >= 4 is 23.5 Å². The summed E-state index contributed by atoms with van der Waals surface area (Å²) in [6.45, 7) is -0.782. The number of amides is 2. The van der Waals surface area contributed by atoms with Gasteiger partial charge in [-0.3, -0.25) is 30.6 Å². The molecule has 2 rings (SSSR count). The van der Waals surface area contributed by atoms with Crippen LogP contribution < -0.4 is 15.6 Å². The number of methoxy groups -OCH3 is 1. The highest BCUT2D eigenvalue weighted by Gasteiger charge is 2.19. The van der Waals surface area contributed by atoms with E-state index in [0.717, 1.165) is 12.1 Å². The van der Waals surface area contributed by atoms with Crippen molar-refractivity contribution in [3.8, 4) is 5.75 Å². The van der Waals surface area contributed by atoms with Gasteiger partial charge in [0.15, 0.2) is 12.4 Å². The van der Waals surface area contributed by atoms with Crippen LogP contribution in [-0.4, -0.2) is 36.4 Å². The molecular formula is C17H14FN3O7. The van der Waals surface area contributed by atoms with Gasteiger partial charge in [0, 0.05) is 6.07 Å². The molecule has 0 aliphatic rings. The van der Waals surface area contributed by atoms with E-state index in [1.807, 2.05) is 10.9 Å². The van der Waals surface area contributed by atoms with Crippen LogP contribution in [0.1, 0.15) is 20.7 Å². The van der Waals surface area contributed by atoms with E-state index in [4.69, 9.17) is 9.47 Å². The molecule has 0 heterocycles. The topological polar surface area (TPSA) is 137 Å². The molecule has 0 saturated heterocycles. The Morgan fingerprint density at radius 2 is 1.86 bits per heavy atom. The maximum absolute atomic E-state index is 13.4. The van der Waals surface area contributed by atoms with Gasteiger partial charge in [-0.15, -0.1) is 0 Å². The summed E-state index contributed by atoms with van der Waals surface area (Å²) >= 11 is 0. The standard InChI is InChI=1S/C17H14FN3O7/c1-27-14-7-6-10(8-13(14)21(25)26)17(24)28-9-15(22)19-20-16(23)11-4-2-3-5-12(11)18/h2-8H,9H2,1H3,(H,19,22)(H,20,23). The normalized spacial score (nSPS) is 9.93. The highest BCUT2D eigenvalue weighted by Crippen LogP contribution is 2.27. The molecule has 10 nitrogen and oxygen atoms in total. The van der Waals surface area contributed by atoms with Gasteiger partial charge in [-0.1, -0.05) is 12.1 Å². The molecule has 0 fully saturated rings. The summed E-state index contributed by atoms with van der Waals surface area (Å²) in [6, 6.07) is 8.51. The number of hydrogen-bond acceptors (Lipinski definition) is 7. The van der Waals surface area contributed by atoms with E-state index in [1.165, 1.54) is 37.4 Å². The van der Waals surface area contributed by atoms with Crippen LogP contribution >= 0.6 is 0 Å². The first-order chi connectivity index (χ1) is 13.3. The molecule has 0 saturated carbocycles. The second-order valence-electron chi connectivity index (χ2n) is 5.20. The molecule has 0 aliphatic carbocycles. The highest BCUT2D eigenvalue weighted by atomic mass is 19.1. The van der Waals surface area contributed by atoms with Crippen molar-refractivity contribution in [1.82, 2.24) is 10.9 Å². The average molecular weight is 391 g/mol. The fourth-order valence-corrected chi connectivity index (χ4v) is 2.05. The number of carbonyl (C=O) groups is 3. The molecule has 0 unspecified atom stereocenters. The molecule has 0 spiro atoms. The van der Waals surface area contributed by atoms with E-state index in [-0.39, 0.29) is 16.9 Å². The lowest BCUT2D eigenvalue weighted by Crippen LogP contribution is -2.43.